The lowest BCUT2D eigenvalue weighted by molar-refractivity contribution is 0.0697. The van der Waals surface area contributed by atoms with Crippen molar-refractivity contribution in [3.63, 3.8) is 0 Å². The van der Waals surface area contributed by atoms with E-state index in [2.05, 4.69) is 25.8 Å². The zero-order chi connectivity index (χ0) is 15.4. The number of rotatable bonds is 4. The fraction of sp³-hybridized carbons (Fsp3) is 0.167. The van der Waals surface area contributed by atoms with Gasteiger partial charge in [-0.2, -0.15) is 5.10 Å². The maximum atomic E-state index is 11.8. The second kappa shape index (κ2) is 6.23. The van der Waals surface area contributed by atoms with Crippen LogP contribution in [0.4, 0.5) is 10.5 Å². The first-order valence-electron chi connectivity index (χ1n) is 5.93. The first kappa shape index (κ1) is 14.8. The molecular weight excluding hydrogens is 298 g/mol. The number of aromatic carboxylic acids is 1. The number of carboxylic acid groups (broad SMARTS) is 1. The molecule has 110 valence electrons. The summed E-state index contributed by atoms with van der Waals surface area (Å²) in [6, 6.07) is 3.31. The highest BCUT2D eigenvalue weighted by molar-refractivity contribution is 6.33. The summed E-state index contributed by atoms with van der Waals surface area (Å²) < 4.78 is 0. The van der Waals surface area contributed by atoms with Crippen LogP contribution in [0, 0.1) is 0 Å². The highest BCUT2D eigenvalue weighted by Crippen LogP contribution is 2.20. The molecule has 2 rings (SSSR count). The van der Waals surface area contributed by atoms with Gasteiger partial charge in [0.15, 0.2) is 0 Å². The standard InChI is InChI=1S/C12H12ClN5O3/c1-6(10-14-5-15-18-10)16-12(21)17-7-2-3-9(13)8(4-7)11(19)20/h2-6H,1H3,(H,19,20)(H,14,15,18)(H2,16,17,21). The average Bonchev–Trinajstić information content (AvgIpc) is 2.94. The van der Waals surface area contributed by atoms with Gasteiger partial charge in [-0.15, -0.1) is 0 Å². The summed E-state index contributed by atoms with van der Waals surface area (Å²) in [5.74, 6) is -0.661. The number of hydrogen-bond acceptors (Lipinski definition) is 4. The van der Waals surface area contributed by atoms with Crippen molar-refractivity contribution in [1.82, 2.24) is 20.5 Å². The Kier molecular flexibility index (Phi) is 4.39. The van der Waals surface area contributed by atoms with Gasteiger partial charge in [-0.3, -0.25) is 5.10 Å². The molecule has 1 heterocycles. The average molecular weight is 310 g/mol. The number of aromatic amines is 1. The molecule has 21 heavy (non-hydrogen) atoms. The van der Waals surface area contributed by atoms with Gasteiger partial charge in [-0.1, -0.05) is 11.6 Å². The number of carbonyl (C=O) groups is 2. The third kappa shape index (κ3) is 3.69. The number of carboxylic acids is 1. The highest BCUT2D eigenvalue weighted by Gasteiger charge is 2.14. The summed E-state index contributed by atoms with van der Waals surface area (Å²) in [6.45, 7) is 1.73. The molecule has 0 radical (unpaired) electrons. The van der Waals surface area contributed by atoms with E-state index in [0.717, 1.165) is 0 Å². The number of amides is 2. The molecule has 4 N–H and O–H groups in total. The number of anilines is 1. The van der Waals surface area contributed by atoms with Crippen molar-refractivity contribution in [3.8, 4) is 0 Å². The number of nitrogens with zero attached hydrogens (tertiary/aromatic N) is 2. The lowest BCUT2D eigenvalue weighted by atomic mass is 10.2. The maximum Gasteiger partial charge on any atom is 0.337 e. The molecule has 0 aliphatic heterocycles. The Hall–Kier alpha value is -2.61. The quantitative estimate of drug-likeness (QED) is 0.689. The number of benzene rings is 1. The minimum atomic E-state index is -1.17. The smallest absolute Gasteiger partial charge is 0.337 e. The van der Waals surface area contributed by atoms with Gasteiger partial charge in [0.1, 0.15) is 12.2 Å². The minimum absolute atomic E-state index is 0.0854. The molecule has 1 atom stereocenters. The highest BCUT2D eigenvalue weighted by atomic mass is 35.5. The molecule has 2 amide bonds. The summed E-state index contributed by atoms with van der Waals surface area (Å²) in [5, 5.41) is 20.5. The zero-order valence-electron chi connectivity index (χ0n) is 10.9. The number of carbonyl (C=O) groups excluding carboxylic acids is 1. The lowest BCUT2D eigenvalue weighted by Gasteiger charge is -2.12. The van der Waals surface area contributed by atoms with E-state index in [-0.39, 0.29) is 16.6 Å². The van der Waals surface area contributed by atoms with E-state index >= 15 is 0 Å². The predicted octanol–water partition coefficient (Wildman–Crippen LogP) is 2.04. The van der Waals surface area contributed by atoms with Crippen LogP contribution in [-0.4, -0.2) is 32.3 Å². The predicted molar refractivity (Wildman–Crippen MR) is 75.4 cm³/mol. The van der Waals surface area contributed by atoms with Gasteiger partial charge >= 0.3 is 12.0 Å². The molecule has 1 aromatic carbocycles. The maximum absolute atomic E-state index is 11.8. The van der Waals surface area contributed by atoms with Crippen LogP contribution in [0.15, 0.2) is 24.5 Å². The molecule has 2 aromatic rings. The SMILES string of the molecule is CC(NC(=O)Nc1ccc(Cl)c(C(=O)O)c1)c1ncn[nH]1. The van der Waals surface area contributed by atoms with E-state index in [1.807, 2.05) is 0 Å². The van der Waals surface area contributed by atoms with Gasteiger partial charge in [-0.05, 0) is 25.1 Å². The van der Waals surface area contributed by atoms with Gasteiger partial charge in [0.05, 0.1) is 16.6 Å². The Labute approximate surface area is 124 Å². The normalized spacial score (nSPS) is 11.7. The second-order valence-corrected chi connectivity index (χ2v) is 4.60. The Morgan fingerprint density at radius 1 is 1.43 bits per heavy atom. The van der Waals surface area contributed by atoms with Crippen LogP contribution >= 0.6 is 11.6 Å². The van der Waals surface area contributed by atoms with Gasteiger partial charge in [-0.25, -0.2) is 14.6 Å². The van der Waals surface area contributed by atoms with Crippen molar-refractivity contribution in [2.75, 3.05) is 5.32 Å². The van der Waals surface area contributed by atoms with Crippen molar-refractivity contribution in [2.45, 2.75) is 13.0 Å². The molecule has 1 unspecified atom stereocenters. The zero-order valence-corrected chi connectivity index (χ0v) is 11.7. The topological polar surface area (TPSA) is 120 Å². The Morgan fingerprint density at radius 3 is 2.81 bits per heavy atom. The number of urea groups is 1. The molecule has 8 nitrogen and oxygen atoms in total. The lowest BCUT2D eigenvalue weighted by Crippen LogP contribution is -2.31. The van der Waals surface area contributed by atoms with Crippen molar-refractivity contribution < 1.29 is 14.7 Å². The summed E-state index contributed by atoms with van der Waals surface area (Å²) in [6.07, 6.45) is 1.34. The first-order valence-corrected chi connectivity index (χ1v) is 6.31. The van der Waals surface area contributed by atoms with Crippen molar-refractivity contribution in [3.05, 3.63) is 40.9 Å². The largest absolute Gasteiger partial charge is 0.478 e. The van der Waals surface area contributed by atoms with Gasteiger partial charge in [0.2, 0.25) is 0 Å². The van der Waals surface area contributed by atoms with Crippen LogP contribution in [0.2, 0.25) is 5.02 Å². The van der Waals surface area contributed by atoms with Gasteiger partial charge < -0.3 is 15.7 Å². The fourth-order valence-corrected chi connectivity index (χ4v) is 1.82. The summed E-state index contributed by atoms with van der Waals surface area (Å²) in [4.78, 5) is 26.7. The van der Waals surface area contributed by atoms with E-state index < -0.39 is 12.0 Å². The summed E-state index contributed by atoms with van der Waals surface area (Å²) >= 11 is 5.75. The number of aromatic nitrogens is 3. The molecule has 0 aliphatic carbocycles. The van der Waals surface area contributed by atoms with Crippen molar-refractivity contribution in [1.29, 1.82) is 0 Å². The minimum Gasteiger partial charge on any atom is -0.478 e. The van der Waals surface area contributed by atoms with Gasteiger partial charge in [0.25, 0.3) is 0 Å². The third-order valence-corrected chi connectivity index (χ3v) is 2.98. The Bertz CT molecular complexity index is 659. The molecule has 0 saturated carbocycles. The molecule has 1 aromatic heterocycles. The molecule has 0 spiro atoms. The van der Waals surface area contributed by atoms with Crippen LogP contribution in [-0.2, 0) is 0 Å². The first-order chi connectivity index (χ1) is 9.97. The van der Waals surface area contributed by atoms with E-state index in [1.54, 1.807) is 6.92 Å². The molecule has 9 heteroatoms. The number of nitrogens with one attached hydrogen (secondary N) is 3. The summed E-state index contributed by atoms with van der Waals surface area (Å²) in [7, 11) is 0. The summed E-state index contributed by atoms with van der Waals surface area (Å²) in [5.41, 5.74) is 0.233. The van der Waals surface area contributed by atoms with E-state index in [4.69, 9.17) is 16.7 Å². The van der Waals surface area contributed by atoms with Crippen LogP contribution in [0.3, 0.4) is 0 Å². The Morgan fingerprint density at radius 2 is 2.19 bits per heavy atom. The number of H-pyrrole nitrogens is 1. The van der Waals surface area contributed by atoms with Crippen molar-refractivity contribution >= 4 is 29.3 Å². The molecule has 0 saturated heterocycles. The van der Waals surface area contributed by atoms with Crippen LogP contribution in [0.25, 0.3) is 0 Å². The molecular formula is C12H12ClN5O3. The Balaban J connectivity index is 2.03. The van der Waals surface area contributed by atoms with Crippen LogP contribution in [0.5, 0.6) is 0 Å². The fourth-order valence-electron chi connectivity index (χ4n) is 1.62. The number of hydrogen-bond donors (Lipinski definition) is 4. The van der Waals surface area contributed by atoms with E-state index in [1.165, 1.54) is 24.5 Å². The van der Waals surface area contributed by atoms with Crippen LogP contribution in [0.1, 0.15) is 29.1 Å². The second-order valence-electron chi connectivity index (χ2n) is 4.19. The monoisotopic (exact) mass is 309 g/mol. The third-order valence-electron chi connectivity index (χ3n) is 2.65. The molecule has 0 fully saturated rings. The van der Waals surface area contributed by atoms with Gasteiger partial charge in [0, 0.05) is 5.69 Å². The number of halogens is 1. The molecule has 0 aliphatic rings. The molecule has 0 bridgehead atoms. The van der Waals surface area contributed by atoms with Crippen LogP contribution < -0.4 is 10.6 Å². The van der Waals surface area contributed by atoms with E-state index in [9.17, 15) is 9.59 Å². The van der Waals surface area contributed by atoms with E-state index in [0.29, 0.717) is 11.5 Å². The van der Waals surface area contributed by atoms with Crippen molar-refractivity contribution in [2.24, 2.45) is 0 Å².